The van der Waals surface area contributed by atoms with Gasteiger partial charge in [0.2, 0.25) is 0 Å². The summed E-state index contributed by atoms with van der Waals surface area (Å²) in [7, 11) is 0. The van der Waals surface area contributed by atoms with Crippen LogP contribution in [0.2, 0.25) is 5.02 Å². The van der Waals surface area contributed by atoms with Crippen LogP contribution in [-0.2, 0) is 0 Å². The van der Waals surface area contributed by atoms with E-state index in [1.165, 1.54) is 24.4 Å². The standard InChI is InChI=1S/C20H12ClFN4O3/c21-13-7-12(19(27)18(8-13)26(28)29)10-23-15-5-6-16-17(9-15)25-20(24-16)11-1-3-14(22)4-2-11/h1-10,27H,(H,24,25)/p-1. The van der Waals surface area contributed by atoms with Crippen molar-refractivity contribution in [3.8, 4) is 17.1 Å². The lowest BCUT2D eigenvalue weighted by atomic mass is 10.2. The SMILES string of the molecule is O=[N+]([O-])c1cc(Cl)cc(C=Nc2ccc3nc(-c4ccc(F)cc4)[nH]c3c2)c1[O-]. The summed E-state index contributed by atoms with van der Waals surface area (Å²) in [5.41, 5.74) is 2.03. The van der Waals surface area contributed by atoms with Crippen LogP contribution >= 0.6 is 11.6 Å². The van der Waals surface area contributed by atoms with E-state index in [0.717, 1.165) is 11.6 Å². The van der Waals surface area contributed by atoms with Gasteiger partial charge in [0.05, 0.1) is 21.6 Å². The van der Waals surface area contributed by atoms with Crippen LogP contribution in [0.15, 0.2) is 59.6 Å². The zero-order valence-electron chi connectivity index (χ0n) is 14.6. The summed E-state index contributed by atoms with van der Waals surface area (Å²) in [5.74, 6) is -0.515. The first-order valence-electron chi connectivity index (χ1n) is 8.35. The van der Waals surface area contributed by atoms with Gasteiger partial charge in [0.25, 0.3) is 5.69 Å². The number of hydrogen-bond acceptors (Lipinski definition) is 5. The molecule has 0 bridgehead atoms. The lowest BCUT2D eigenvalue weighted by molar-refractivity contribution is -0.398. The first kappa shape index (κ1) is 18.6. The summed E-state index contributed by atoms with van der Waals surface area (Å²) in [6.45, 7) is 0. The number of aromatic amines is 1. The molecule has 1 N–H and O–H groups in total. The van der Waals surface area contributed by atoms with Crippen LogP contribution < -0.4 is 5.11 Å². The molecule has 0 spiro atoms. The van der Waals surface area contributed by atoms with Crippen LogP contribution in [0.4, 0.5) is 15.8 Å². The predicted molar refractivity (Wildman–Crippen MR) is 106 cm³/mol. The van der Waals surface area contributed by atoms with Crippen molar-refractivity contribution >= 4 is 40.2 Å². The second-order valence-corrected chi connectivity index (χ2v) is 6.59. The minimum Gasteiger partial charge on any atom is -0.867 e. The molecule has 0 aliphatic heterocycles. The number of benzene rings is 3. The summed E-state index contributed by atoms with van der Waals surface area (Å²) in [6, 6.07) is 13.4. The third-order valence-corrected chi connectivity index (χ3v) is 4.41. The first-order chi connectivity index (χ1) is 13.9. The zero-order chi connectivity index (χ0) is 20.5. The normalized spacial score (nSPS) is 11.4. The van der Waals surface area contributed by atoms with Gasteiger partial charge in [-0.25, -0.2) is 9.37 Å². The van der Waals surface area contributed by atoms with E-state index < -0.39 is 16.4 Å². The molecule has 0 unspecified atom stereocenters. The highest BCUT2D eigenvalue weighted by Crippen LogP contribution is 2.31. The number of fused-ring (bicyclic) bond motifs is 1. The van der Waals surface area contributed by atoms with Gasteiger partial charge in [0, 0.05) is 22.9 Å². The lowest BCUT2D eigenvalue weighted by Gasteiger charge is -2.10. The van der Waals surface area contributed by atoms with Crippen molar-refractivity contribution in [3.05, 3.63) is 81.1 Å². The Kier molecular flexibility index (Phi) is 4.69. The van der Waals surface area contributed by atoms with Crippen molar-refractivity contribution in [2.45, 2.75) is 0 Å². The predicted octanol–water partition coefficient (Wildman–Crippen LogP) is 4.75. The molecule has 7 nitrogen and oxygen atoms in total. The number of aliphatic imine (C=N–C) groups is 1. The Bertz CT molecular complexity index is 1270. The highest BCUT2D eigenvalue weighted by Gasteiger charge is 2.11. The van der Waals surface area contributed by atoms with Gasteiger partial charge in [-0.2, -0.15) is 0 Å². The number of nitro groups is 1. The van der Waals surface area contributed by atoms with Gasteiger partial charge in [-0.3, -0.25) is 15.1 Å². The molecule has 9 heteroatoms. The van der Waals surface area contributed by atoms with Gasteiger partial charge >= 0.3 is 0 Å². The molecular formula is C20H11ClFN4O3-. The highest BCUT2D eigenvalue weighted by atomic mass is 35.5. The number of H-pyrrole nitrogens is 1. The monoisotopic (exact) mass is 409 g/mol. The summed E-state index contributed by atoms with van der Waals surface area (Å²) in [4.78, 5) is 22.0. The number of imidazole rings is 1. The highest BCUT2D eigenvalue weighted by molar-refractivity contribution is 6.31. The molecule has 0 aliphatic rings. The third kappa shape index (κ3) is 3.78. The summed E-state index contributed by atoms with van der Waals surface area (Å²) in [6.07, 6.45) is 1.24. The maximum absolute atomic E-state index is 13.1. The zero-order valence-corrected chi connectivity index (χ0v) is 15.4. The molecule has 0 amide bonds. The second kappa shape index (κ2) is 7.33. The van der Waals surface area contributed by atoms with Crippen molar-refractivity contribution in [1.82, 2.24) is 9.97 Å². The molecule has 1 aromatic heterocycles. The van der Waals surface area contributed by atoms with E-state index in [1.54, 1.807) is 30.3 Å². The smallest absolute Gasteiger partial charge is 0.263 e. The number of aromatic nitrogens is 2. The average molecular weight is 410 g/mol. The van der Waals surface area contributed by atoms with Crippen molar-refractivity contribution < 1.29 is 14.4 Å². The van der Waals surface area contributed by atoms with E-state index in [1.807, 2.05) is 0 Å². The van der Waals surface area contributed by atoms with Crippen LogP contribution in [0.1, 0.15) is 5.56 Å². The third-order valence-electron chi connectivity index (χ3n) is 4.20. The van der Waals surface area contributed by atoms with E-state index in [2.05, 4.69) is 15.0 Å². The molecular weight excluding hydrogens is 399 g/mol. The number of hydrogen-bond donors (Lipinski definition) is 1. The number of nitro benzene ring substituents is 1. The van der Waals surface area contributed by atoms with Gasteiger partial charge in [-0.1, -0.05) is 11.6 Å². The Morgan fingerprint density at radius 3 is 2.62 bits per heavy atom. The number of rotatable bonds is 4. The fourth-order valence-corrected chi connectivity index (χ4v) is 3.02. The summed E-state index contributed by atoms with van der Waals surface area (Å²) < 4.78 is 13.1. The topological polar surface area (TPSA) is 107 Å². The Balaban J connectivity index is 1.67. The molecule has 4 rings (SSSR count). The van der Waals surface area contributed by atoms with E-state index >= 15 is 0 Å². The van der Waals surface area contributed by atoms with Gasteiger partial charge in [-0.05, 0) is 59.8 Å². The van der Waals surface area contributed by atoms with Gasteiger partial charge in [-0.15, -0.1) is 0 Å². The fourth-order valence-electron chi connectivity index (χ4n) is 2.80. The van der Waals surface area contributed by atoms with Crippen LogP contribution in [0.25, 0.3) is 22.4 Å². The van der Waals surface area contributed by atoms with Crippen LogP contribution in [-0.4, -0.2) is 21.1 Å². The summed E-state index contributed by atoms with van der Waals surface area (Å²) in [5, 5.41) is 23.2. The molecule has 0 saturated carbocycles. The second-order valence-electron chi connectivity index (χ2n) is 6.15. The number of nitrogens with one attached hydrogen (secondary N) is 1. The number of nitrogens with zero attached hydrogens (tertiary/aromatic N) is 3. The average Bonchev–Trinajstić information content (AvgIpc) is 3.12. The van der Waals surface area contributed by atoms with E-state index in [-0.39, 0.29) is 16.4 Å². The van der Waals surface area contributed by atoms with Gasteiger partial charge in [0.15, 0.2) is 0 Å². The van der Waals surface area contributed by atoms with Crippen molar-refractivity contribution in [2.24, 2.45) is 4.99 Å². The molecule has 0 atom stereocenters. The Labute approximate surface area is 168 Å². The maximum Gasteiger partial charge on any atom is 0.263 e. The fraction of sp³-hybridized carbons (Fsp3) is 0. The summed E-state index contributed by atoms with van der Waals surface area (Å²) >= 11 is 5.85. The van der Waals surface area contributed by atoms with Crippen molar-refractivity contribution in [2.75, 3.05) is 0 Å². The van der Waals surface area contributed by atoms with Crippen LogP contribution in [0, 0.1) is 15.9 Å². The Morgan fingerprint density at radius 2 is 1.90 bits per heavy atom. The molecule has 0 saturated heterocycles. The van der Waals surface area contributed by atoms with Gasteiger partial charge in [0.1, 0.15) is 11.6 Å². The van der Waals surface area contributed by atoms with E-state index in [9.17, 15) is 19.6 Å². The molecule has 144 valence electrons. The Morgan fingerprint density at radius 1 is 1.14 bits per heavy atom. The van der Waals surface area contributed by atoms with Crippen molar-refractivity contribution in [1.29, 1.82) is 0 Å². The Hall–Kier alpha value is -3.78. The van der Waals surface area contributed by atoms with Crippen LogP contribution in [0.5, 0.6) is 5.75 Å². The molecule has 29 heavy (non-hydrogen) atoms. The van der Waals surface area contributed by atoms with Gasteiger partial charge < -0.3 is 10.1 Å². The van der Waals surface area contributed by atoms with E-state index in [0.29, 0.717) is 22.5 Å². The van der Waals surface area contributed by atoms with E-state index in [4.69, 9.17) is 11.6 Å². The largest absolute Gasteiger partial charge is 0.867 e. The quantitative estimate of drug-likeness (QED) is 0.298. The first-order valence-corrected chi connectivity index (χ1v) is 8.73. The molecule has 0 fully saturated rings. The number of halogens is 2. The molecule has 0 radical (unpaired) electrons. The molecule has 3 aromatic carbocycles. The molecule has 1 heterocycles. The minimum absolute atomic E-state index is 0.0147. The molecule has 4 aromatic rings. The maximum atomic E-state index is 13.1. The lowest BCUT2D eigenvalue weighted by Crippen LogP contribution is -2.02. The minimum atomic E-state index is -0.779. The van der Waals surface area contributed by atoms with Crippen molar-refractivity contribution in [3.63, 3.8) is 0 Å². The molecule has 0 aliphatic carbocycles. The van der Waals surface area contributed by atoms with Crippen LogP contribution in [0.3, 0.4) is 0 Å².